The summed E-state index contributed by atoms with van der Waals surface area (Å²) in [5.41, 5.74) is 6.88. The highest BCUT2D eigenvalue weighted by atomic mass is 35.5. The Morgan fingerprint density at radius 3 is 2.72 bits per heavy atom. The molecule has 0 amide bonds. The number of sulfonamides is 1. The summed E-state index contributed by atoms with van der Waals surface area (Å²) in [5, 5.41) is 0.498. The summed E-state index contributed by atoms with van der Waals surface area (Å²) in [7, 11) is -0.374. The van der Waals surface area contributed by atoms with E-state index in [2.05, 4.69) is 0 Å². The standard InChI is InChI=1S/C11H17ClN2O3S/c1-14(18(15,16)6-5-17-2)8-9-7-10(13)3-4-11(9)12/h3-4,7H,5-6,8,13H2,1-2H3. The van der Waals surface area contributed by atoms with Gasteiger partial charge in [-0.3, -0.25) is 0 Å². The summed E-state index contributed by atoms with van der Waals surface area (Å²) in [5.74, 6) is -0.0556. The quantitative estimate of drug-likeness (QED) is 0.803. The zero-order valence-corrected chi connectivity index (χ0v) is 12.0. The van der Waals surface area contributed by atoms with Crippen molar-refractivity contribution >= 4 is 27.3 Å². The van der Waals surface area contributed by atoms with E-state index in [1.807, 2.05) is 0 Å². The van der Waals surface area contributed by atoms with E-state index in [0.29, 0.717) is 16.3 Å². The van der Waals surface area contributed by atoms with Gasteiger partial charge in [0.15, 0.2) is 0 Å². The molecule has 0 aromatic heterocycles. The van der Waals surface area contributed by atoms with Gasteiger partial charge in [-0.1, -0.05) is 11.6 Å². The maximum atomic E-state index is 11.9. The first-order valence-corrected chi connectivity index (χ1v) is 7.32. The summed E-state index contributed by atoms with van der Waals surface area (Å²) in [6.07, 6.45) is 0. The normalized spacial score (nSPS) is 12.0. The number of methoxy groups -OCH3 is 1. The minimum Gasteiger partial charge on any atom is -0.399 e. The Kier molecular flexibility index (Phi) is 5.40. The van der Waals surface area contributed by atoms with Crippen molar-refractivity contribution in [2.75, 3.05) is 32.3 Å². The smallest absolute Gasteiger partial charge is 0.216 e. The summed E-state index contributed by atoms with van der Waals surface area (Å²) < 4.78 is 29.7. The van der Waals surface area contributed by atoms with E-state index in [-0.39, 0.29) is 18.9 Å². The molecule has 5 nitrogen and oxygen atoms in total. The Bertz CT molecular complexity index is 505. The zero-order valence-electron chi connectivity index (χ0n) is 10.4. The molecule has 0 radical (unpaired) electrons. The van der Waals surface area contributed by atoms with Gasteiger partial charge in [0.1, 0.15) is 0 Å². The van der Waals surface area contributed by atoms with Gasteiger partial charge >= 0.3 is 0 Å². The third kappa shape index (κ3) is 4.13. The molecular formula is C11H17ClN2O3S. The summed E-state index contributed by atoms with van der Waals surface area (Å²) in [4.78, 5) is 0. The van der Waals surface area contributed by atoms with Crippen molar-refractivity contribution < 1.29 is 13.2 Å². The number of halogens is 1. The highest BCUT2D eigenvalue weighted by Crippen LogP contribution is 2.21. The molecule has 1 aromatic rings. The third-order valence-corrected chi connectivity index (χ3v) is 4.61. The van der Waals surface area contributed by atoms with Gasteiger partial charge in [0, 0.05) is 31.4 Å². The Labute approximate surface area is 113 Å². The predicted octanol–water partition coefficient (Wildman–Crippen LogP) is 1.33. The van der Waals surface area contributed by atoms with Gasteiger partial charge in [-0.15, -0.1) is 0 Å². The highest BCUT2D eigenvalue weighted by molar-refractivity contribution is 7.89. The molecule has 0 saturated heterocycles. The first-order chi connectivity index (χ1) is 8.36. The van der Waals surface area contributed by atoms with Crippen LogP contribution in [0.2, 0.25) is 5.02 Å². The predicted molar refractivity (Wildman–Crippen MR) is 73.0 cm³/mol. The molecule has 0 aliphatic heterocycles. The molecule has 2 N–H and O–H groups in total. The molecule has 0 saturated carbocycles. The van der Waals surface area contributed by atoms with Gasteiger partial charge in [0.25, 0.3) is 0 Å². The summed E-state index contributed by atoms with van der Waals surface area (Å²) in [6, 6.07) is 5.00. The molecule has 18 heavy (non-hydrogen) atoms. The van der Waals surface area contributed by atoms with Crippen molar-refractivity contribution in [1.29, 1.82) is 0 Å². The second-order valence-electron chi connectivity index (χ2n) is 3.92. The number of hydrogen-bond acceptors (Lipinski definition) is 4. The maximum absolute atomic E-state index is 11.9. The van der Waals surface area contributed by atoms with Crippen LogP contribution in [-0.4, -0.2) is 39.2 Å². The number of anilines is 1. The topological polar surface area (TPSA) is 72.6 Å². The SMILES string of the molecule is COCCS(=O)(=O)N(C)Cc1cc(N)ccc1Cl. The zero-order chi connectivity index (χ0) is 13.8. The molecule has 1 rings (SSSR count). The van der Waals surface area contributed by atoms with Crippen LogP contribution < -0.4 is 5.73 Å². The van der Waals surface area contributed by atoms with Crippen LogP contribution in [-0.2, 0) is 21.3 Å². The first kappa shape index (κ1) is 15.2. The first-order valence-electron chi connectivity index (χ1n) is 5.33. The fourth-order valence-corrected chi connectivity index (χ4v) is 2.60. The number of ether oxygens (including phenoxy) is 1. The van der Waals surface area contributed by atoms with Crippen LogP contribution in [0.1, 0.15) is 5.56 Å². The van der Waals surface area contributed by atoms with Crippen molar-refractivity contribution in [2.45, 2.75) is 6.54 Å². The fourth-order valence-electron chi connectivity index (χ4n) is 1.40. The van der Waals surface area contributed by atoms with E-state index in [4.69, 9.17) is 22.1 Å². The van der Waals surface area contributed by atoms with Crippen molar-refractivity contribution in [2.24, 2.45) is 0 Å². The highest BCUT2D eigenvalue weighted by Gasteiger charge is 2.18. The van der Waals surface area contributed by atoms with Crippen LogP contribution in [0.15, 0.2) is 18.2 Å². The lowest BCUT2D eigenvalue weighted by Crippen LogP contribution is -2.30. The molecule has 0 unspecified atom stereocenters. The van der Waals surface area contributed by atoms with Gasteiger partial charge in [0.05, 0.1) is 12.4 Å². The van der Waals surface area contributed by atoms with Crippen LogP contribution in [0.25, 0.3) is 0 Å². The molecule has 102 valence electrons. The Morgan fingerprint density at radius 2 is 2.11 bits per heavy atom. The average Bonchev–Trinajstić information content (AvgIpc) is 2.31. The second kappa shape index (κ2) is 6.38. The second-order valence-corrected chi connectivity index (χ2v) is 6.52. The third-order valence-electron chi connectivity index (χ3n) is 2.48. The molecule has 0 fully saturated rings. The lowest BCUT2D eigenvalue weighted by Gasteiger charge is -2.18. The van der Waals surface area contributed by atoms with Crippen molar-refractivity contribution in [3.63, 3.8) is 0 Å². The number of nitrogens with two attached hydrogens (primary N) is 1. The van der Waals surface area contributed by atoms with Crippen LogP contribution in [0.4, 0.5) is 5.69 Å². The molecule has 0 atom stereocenters. The lowest BCUT2D eigenvalue weighted by molar-refractivity contribution is 0.215. The molecule has 0 spiro atoms. The van der Waals surface area contributed by atoms with E-state index in [1.165, 1.54) is 18.5 Å². The number of nitrogen functional groups attached to an aromatic ring is 1. The van der Waals surface area contributed by atoms with Crippen molar-refractivity contribution in [3.8, 4) is 0 Å². The number of hydrogen-bond donors (Lipinski definition) is 1. The molecule has 0 heterocycles. The molecular weight excluding hydrogens is 276 g/mol. The fraction of sp³-hybridized carbons (Fsp3) is 0.455. The van der Waals surface area contributed by atoms with Crippen LogP contribution in [0.5, 0.6) is 0 Å². The molecule has 7 heteroatoms. The monoisotopic (exact) mass is 292 g/mol. The Balaban J connectivity index is 2.81. The minimum absolute atomic E-state index is 0.0556. The van der Waals surface area contributed by atoms with E-state index < -0.39 is 10.0 Å². The van der Waals surface area contributed by atoms with Gasteiger partial charge < -0.3 is 10.5 Å². The summed E-state index contributed by atoms with van der Waals surface area (Å²) in [6.45, 7) is 0.354. The lowest BCUT2D eigenvalue weighted by atomic mass is 10.2. The van der Waals surface area contributed by atoms with E-state index >= 15 is 0 Å². The Hall–Kier alpha value is -0.820. The van der Waals surface area contributed by atoms with Crippen molar-refractivity contribution in [1.82, 2.24) is 4.31 Å². The Morgan fingerprint density at radius 1 is 1.44 bits per heavy atom. The molecule has 0 bridgehead atoms. The van der Waals surface area contributed by atoms with Gasteiger partial charge in [-0.05, 0) is 23.8 Å². The largest absolute Gasteiger partial charge is 0.399 e. The van der Waals surface area contributed by atoms with Crippen molar-refractivity contribution in [3.05, 3.63) is 28.8 Å². The van der Waals surface area contributed by atoms with Crippen LogP contribution in [0, 0.1) is 0 Å². The number of rotatable bonds is 6. The van der Waals surface area contributed by atoms with Crippen LogP contribution >= 0.6 is 11.6 Å². The van der Waals surface area contributed by atoms with E-state index in [9.17, 15) is 8.42 Å². The van der Waals surface area contributed by atoms with E-state index in [1.54, 1.807) is 18.2 Å². The maximum Gasteiger partial charge on any atom is 0.216 e. The van der Waals surface area contributed by atoms with Crippen LogP contribution in [0.3, 0.4) is 0 Å². The summed E-state index contributed by atoms with van der Waals surface area (Å²) >= 11 is 5.99. The minimum atomic E-state index is -3.34. The molecule has 1 aromatic carbocycles. The molecule has 0 aliphatic carbocycles. The van der Waals surface area contributed by atoms with Gasteiger partial charge in [-0.2, -0.15) is 0 Å². The number of benzene rings is 1. The van der Waals surface area contributed by atoms with Gasteiger partial charge in [-0.25, -0.2) is 12.7 Å². The average molecular weight is 293 g/mol. The molecule has 0 aliphatic rings. The van der Waals surface area contributed by atoms with Gasteiger partial charge in [0.2, 0.25) is 10.0 Å². The number of nitrogens with zero attached hydrogens (tertiary/aromatic N) is 1. The van der Waals surface area contributed by atoms with E-state index in [0.717, 1.165) is 0 Å².